The van der Waals surface area contributed by atoms with Crippen LogP contribution in [0.1, 0.15) is 39.5 Å². The normalized spacial score (nSPS) is 37.2. The third kappa shape index (κ3) is 2.22. The van der Waals surface area contributed by atoms with Gasteiger partial charge in [-0.1, -0.05) is 27.6 Å². The predicted molar refractivity (Wildman–Crippen MR) is 64.9 cm³/mol. The molecule has 0 radical (unpaired) electrons. The second-order valence-corrected chi connectivity index (χ2v) is 6.23. The van der Waals surface area contributed by atoms with E-state index >= 15 is 0 Å². The lowest BCUT2D eigenvalue weighted by molar-refractivity contribution is 0.163. The zero-order valence-electron chi connectivity index (χ0n) is 9.17. The Morgan fingerprint density at radius 2 is 1.86 bits per heavy atom. The highest BCUT2D eigenvalue weighted by Crippen LogP contribution is 2.38. The first kappa shape index (κ1) is 10.7. The molecule has 0 N–H and O–H groups in total. The number of piperidine rings is 1. The van der Waals surface area contributed by atoms with E-state index in [9.17, 15) is 0 Å². The van der Waals surface area contributed by atoms with Crippen LogP contribution in [0.4, 0.5) is 0 Å². The number of nitrogens with zero attached hydrogens (tertiary/aromatic N) is 1. The van der Waals surface area contributed by atoms with Crippen LogP contribution >= 0.6 is 15.9 Å². The number of hydrogen-bond acceptors (Lipinski definition) is 1. The molecule has 2 aliphatic rings. The molecule has 2 heterocycles. The summed E-state index contributed by atoms with van der Waals surface area (Å²) in [5.74, 6) is 0. The highest BCUT2D eigenvalue weighted by atomic mass is 79.9. The average molecular weight is 258 g/mol. The number of rotatable bonds is 2. The first-order valence-corrected chi connectivity index (χ1v) is 6.61. The van der Waals surface area contributed by atoms with Crippen molar-refractivity contribution in [2.75, 3.05) is 6.54 Å². The fraction of sp³-hybridized carbons (Fsp3) is 0.833. The molecule has 2 heteroatoms. The molecule has 14 heavy (non-hydrogen) atoms. The van der Waals surface area contributed by atoms with Crippen LogP contribution in [-0.4, -0.2) is 28.4 Å². The van der Waals surface area contributed by atoms with E-state index < -0.39 is 0 Å². The molecular weight excluding hydrogens is 238 g/mol. The van der Waals surface area contributed by atoms with Crippen molar-refractivity contribution in [3.8, 4) is 0 Å². The fourth-order valence-electron chi connectivity index (χ4n) is 2.79. The molecule has 2 rings (SSSR count). The number of hydrogen-bond donors (Lipinski definition) is 0. The zero-order valence-corrected chi connectivity index (χ0v) is 10.8. The molecule has 2 aliphatic heterocycles. The Bertz CT molecular complexity index is 218. The van der Waals surface area contributed by atoms with Crippen molar-refractivity contribution >= 4 is 15.9 Å². The quantitative estimate of drug-likeness (QED) is 0.542. The van der Waals surface area contributed by atoms with Crippen molar-refractivity contribution in [1.29, 1.82) is 0 Å². The molecule has 80 valence electrons. The molecule has 0 spiro atoms. The highest BCUT2D eigenvalue weighted by Gasteiger charge is 2.38. The molecule has 2 atom stereocenters. The molecule has 0 aromatic heterocycles. The van der Waals surface area contributed by atoms with Gasteiger partial charge in [0.05, 0.1) is 0 Å². The number of alkyl halides is 1. The van der Waals surface area contributed by atoms with Crippen LogP contribution < -0.4 is 0 Å². The number of fused-ring (bicyclic) bond motifs is 2. The Labute approximate surface area is 95.7 Å². The average Bonchev–Trinajstić information content (AvgIpc) is 2.34. The van der Waals surface area contributed by atoms with Crippen molar-refractivity contribution in [2.45, 2.75) is 56.4 Å². The molecule has 0 amide bonds. The van der Waals surface area contributed by atoms with E-state index in [0.717, 1.165) is 16.9 Å². The first-order chi connectivity index (χ1) is 6.66. The Balaban J connectivity index is 1.97. The van der Waals surface area contributed by atoms with Crippen LogP contribution in [0, 0.1) is 0 Å². The van der Waals surface area contributed by atoms with Gasteiger partial charge in [0.1, 0.15) is 0 Å². The third-order valence-corrected chi connectivity index (χ3v) is 4.28. The molecule has 2 fully saturated rings. The maximum Gasteiger partial charge on any atom is 0.0175 e. The van der Waals surface area contributed by atoms with Crippen LogP contribution in [0.5, 0.6) is 0 Å². The van der Waals surface area contributed by atoms with Gasteiger partial charge in [-0.25, -0.2) is 0 Å². The predicted octanol–water partition coefficient (Wildman–Crippen LogP) is 3.34. The largest absolute Gasteiger partial charge is 0.294 e. The van der Waals surface area contributed by atoms with Gasteiger partial charge in [0.25, 0.3) is 0 Å². The van der Waals surface area contributed by atoms with E-state index in [4.69, 9.17) is 0 Å². The smallest absolute Gasteiger partial charge is 0.0175 e. The lowest BCUT2D eigenvalue weighted by atomic mass is 10.0. The summed E-state index contributed by atoms with van der Waals surface area (Å²) in [5.41, 5.74) is 1.45. The van der Waals surface area contributed by atoms with E-state index in [2.05, 4.69) is 40.8 Å². The van der Waals surface area contributed by atoms with Crippen LogP contribution in [0.2, 0.25) is 0 Å². The van der Waals surface area contributed by atoms with Gasteiger partial charge in [-0.15, -0.1) is 0 Å². The summed E-state index contributed by atoms with van der Waals surface area (Å²) in [6, 6.07) is 1.71. The maximum atomic E-state index is 3.77. The summed E-state index contributed by atoms with van der Waals surface area (Å²) in [5, 5.41) is 0. The van der Waals surface area contributed by atoms with Crippen molar-refractivity contribution in [3.63, 3.8) is 0 Å². The topological polar surface area (TPSA) is 3.24 Å². The van der Waals surface area contributed by atoms with Gasteiger partial charge in [0.15, 0.2) is 0 Å². The lowest BCUT2D eigenvalue weighted by Gasteiger charge is -2.36. The summed E-state index contributed by atoms with van der Waals surface area (Å²) in [4.78, 5) is 3.49. The van der Waals surface area contributed by atoms with E-state index in [-0.39, 0.29) is 0 Å². The summed E-state index contributed by atoms with van der Waals surface area (Å²) < 4.78 is 0. The zero-order chi connectivity index (χ0) is 10.1. The second kappa shape index (κ2) is 4.36. The molecule has 0 saturated carbocycles. The first-order valence-electron chi connectivity index (χ1n) is 5.70. The molecule has 0 aromatic carbocycles. The van der Waals surface area contributed by atoms with Crippen LogP contribution in [0.15, 0.2) is 11.6 Å². The Kier molecular flexibility index (Phi) is 3.33. The summed E-state index contributed by atoms with van der Waals surface area (Å²) in [6.07, 6.45) is 7.92. The second-order valence-electron chi connectivity index (χ2n) is 4.93. The van der Waals surface area contributed by atoms with Crippen molar-refractivity contribution in [3.05, 3.63) is 11.6 Å². The highest BCUT2D eigenvalue weighted by molar-refractivity contribution is 9.09. The van der Waals surface area contributed by atoms with Crippen LogP contribution in [0.3, 0.4) is 0 Å². The fourth-order valence-corrected chi connectivity index (χ4v) is 3.66. The number of allylic oxidation sites excluding steroid dienone is 1. The van der Waals surface area contributed by atoms with Gasteiger partial charge in [-0.2, -0.15) is 0 Å². The molecule has 0 aliphatic carbocycles. The third-order valence-electron chi connectivity index (χ3n) is 3.54. The van der Waals surface area contributed by atoms with Crippen LogP contribution in [-0.2, 0) is 0 Å². The minimum absolute atomic E-state index is 0.781. The van der Waals surface area contributed by atoms with E-state index in [1.54, 1.807) is 0 Å². The maximum absolute atomic E-state index is 3.77. The number of halogens is 1. The van der Waals surface area contributed by atoms with E-state index in [0.29, 0.717) is 0 Å². The van der Waals surface area contributed by atoms with Gasteiger partial charge >= 0.3 is 0 Å². The Morgan fingerprint density at radius 1 is 1.29 bits per heavy atom. The van der Waals surface area contributed by atoms with Crippen molar-refractivity contribution in [1.82, 2.24) is 4.90 Å². The van der Waals surface area contributed by atoms with Gasteiger partial charge in [0.2, 0.25) is 0 Å². The van der Waals surface area contributed by atoms with Crippen LogP contribution in [0.25, 0.3) is 0 Å². The van der Waals surface area contributed by atoms with Gasteiger partial charge in [0, 0.05) is 23.5 Å². The van der Waals surface area contributed by atoms with E-state index in [1.165, 1.54) is 37.8 Å². The van der Waals surface area contributed by atoms with Gasteiger partial charge in [-0.05, 0) is 39.5 Å². The van der Waals surface area contributed by atoms with Gasteiger partial charge in [-0.3, -0.25) is 4.90 Å². The summed E-state index contributed by atoms with van der Waals surface area (Å²) in [6.45, 7) is 5.57. The minimum atomic E-state index is 0.781. The molecule has 2 bridgehead atoms. The van der Waals surface area contributed by atoms with E-state index in [1.807, 2.05) is 0 Å². The molecule has 0 aromatic rings. The van der Waals surface area contributed by atoms with Gasteiger partial charge < -0.3 is 0 Å². The standard InChI is InChI=1S/C12H20BrN/c1-9(2)5-6-14-11-3-4-12(14)8-10(13)7-11/h5,10-12H,3-4,6-8H2,1-2H3. The summed E-state index contributed by atoms with van der Waals surface area (Å²) in [7, 11) is 0. The summed E-state index contributed by atoms with van der Waals surface area (Å²) >= 11 is 3.77. The monoisotopic (exact) mass is 257 g/mol. The molecular formula is C12H20BrN. The SMILES string of the molecule is CC(C)=CCN1C2CCC1CC(Br)C2. The molecule has 1 nitrogen and oxygen atoms in total. The minimum Gasteiger partial charge on any atom is -0.294 e. The van der Waals surface area contributed by atoms with Crippen molar-refractivity contribution in [2.24, 2.45) is 0 Å². The Morgan fingerprint density at radius 3 is 2.36 bits per heavy atom. The molecule has 2 saturated heterocycles. The Hall–Kier alpha value is 0.180. The lowest BCUT2D eigenvalue weighted by Crippen LogP contribution is -2.43. The van der Waals surface area contributed by atoms with Crippen molar-refractivity contribution < 1.29 is 0 Å². The molecule has 2 unspecified atom stereocenters.